The van der Waals surface area contributed by atoms with Crippen molar-refractivity contribution in [2.75, 3.05) is 19.7 Å². The first-order chi connectivity index (χ1) is 13.5. The lowest BCUT2D eigenvalue weighted by Gasteiger charge is -2.36. The second kappa shape index (κ2) is 7.22. The maximum absolute atomic E-state index is 13.2. The van der Waals surface area contributed by atoms with Gasteiger partial charge in [0.1, 0.15) is 5.69 Å². The summed E-state index contributed by atoms with van der Waals surface area (Å²) in [4.78, 5) is 27.6. The van der Waals surface area contributed by atoms with Crippen LogP contribution in [0.15, 0.2) is 60.8 Å². The molecule has 0 aliphatic carbocycles. The van der Waals surface area contributed by atoms with Crippen LogP contribution in [0.4, 0.5) is 0 Å². The van der Waals surface area contributed by atoms with Crippen LogP contribution in [-0.4, -0.2) is 56.5 Å². The van der Waals surface area contributed by atoms with Crippen molar-refractivity contribution in [1.82, 2.24) is 9.30 Å². The third-order valence-electron chi connectivity index (χ3n) is 5.45. The zero-order valence-electron chi connectivity index (χ0n) is 15.4. The number of hydrogen-bond acceptors (Lipinski definition) is 4. The van der Waals surface area contributed by atoms with Crippen molar-refractivity contribution < 1.29 is 19.8 Å². The van der Waals surface area contributed by atoms with Gasteiger partial charge >= 0.3 is 0 Å². The molecule has 1 amide bonds. The molecule has 1 aliphatic rings. The third kappa shape index (κ3) is 3.21. The minimum atomic E-state index is -1.17. The number of fused-ring (bicyclic) bond motifs is 1. The number of carbonyl (C=O) groups excluding carboxylic acids is 2. The largest absolute Gasteiger partial charge is 0.393 e. The van der Waals surface area contributed by atoms with E-state index in [2.05, 4.69) is 0 Å². The number of Topliss-reactive ketones (excluding diaryl/α,β-unsaturated/α-hetero) is 1. The lowest BCUT2D eigenvalue weighted by atomic mass is 9.92. The number of piperidine rings is 1. The molecule has 0 atom stereocenters. The first kappa shape index (κ1) is 18.4. The van der Waals surface area contributed by atoms with Gasteiger partial charge in [-0.2, -0.15) is 0 Å². The smallest absolute Gasteiger partial charge is 0.296 e. The third-order valence-corrected chi connectivity index (χ3v) is 5.45. The van der Waals surface area contributed by atoms with Crippen molar-refractivity contribution in [2.24, 2.45) is 0 Å². The van der Waals surface area contributed by atoms with Gasteiger partial charge in [0.15, 0.2) is 0 Å². The summed E-state index contributed by atoms with van der Waals surface area (Å²) in [5.41, 5.74) is 1.60. The van der Waals surface area contributed by atoms with Crippen LogP contribution in [0.25, 0.3) is 16.6 Å². The molecule has 0 bridgehead atoms. The van der Waals surface area contributed by atoms with E-state index in [1.807, 2.05) is 54.6 Å². The second-order valence-electron chi connectivity index (χ2n) is 7.27. The predicted octanol–water partition coefficient (Wildman–Crippen LogP) is 2.13. The zero-order valence-corrected chi connectivity index (χ0v) is 15.4. The summed E-state index contributed by atoms with van der Waals surface area (Å²) in [7, 11) is 0. The quantitative estimate of drug-likeness (QED) is 0.538. The molecule has 144 valence electrons. The molecular formula is C22H22N2O4. The molecule has 4 rings (SSSR count). The molecule has 2 N–H and O–H groups in total. The molecule has 6 nitrogen and oxygen atoms in total. The van der Waals surface area contributed by atoms with E-state index in [0.717, 1.165) is 11.1 Å². The highest BCUT2D eigenvalue weighted by Crippen LogP contribution is 2.29. The summed E-state index contributed by atoms with van der Waals surface area (Å²) >= 11 is 0. The Hall–Kier alpha value is -2.96. The normalized spacial score (nSPS) is 16.3. The molecule has 2 aromatic heterocycles. The van der Waals surface area contributed by atoms with Crippen LogP contribution < -0.4 is 0 Å². The van der Waals surface area contributed by atoms with Crippen molar-refractivity contribution in [3.05, 3.63) is 66.5 Å². The number of rotatable bonds is 4. The number of aromatic nitrogens is 1. The molecule has 28 heavy (non-hydrogen) atoms. The van der Waals surface area contributed by atoms with Gasteiger partial charge in [-0.25, -0.2) is 0 Å². The Balaban J connectivity index is 1.70. The minimum Gasteiger partial charge on any atom is -0.393 e. The molecule has 1 aliphatic heterocycles. The van der Waals surface area contributed by atoms with E-state index in [0.29, 0.717) is 11.3 Å². The molecule has 3 heterocycles. The number of benzene rings is 1. The average Bonchev–Trinajstić information content (AvgIpc) is 3.13. The Morgan fingerprint density at radius 2 is 1.68 bits per heavy atom. The summed E-state index contributed by atoms with van der Waals surface area (Å²) in [6.45, 7) is 0.141. The van der Waals surface area contributed by atoms with Crippen LogP contribution in [0.1, 0.15) is 23.3 Å². The standard InChI is InChI=1S/C22H22N2O4/c25-15-22(28)9-12-23(13-10-22)21(27)20(26)19-18(16-6-2-1-3-7-16)14-17-8-4-5-11-24(17)19/h1-8,11,14,25,28H,9-10,12-13,15H2. The van der Waals surface area contributed by atoms with Gasteiger partial charge in [-0.1, -0.05) is 36.4 Å². The molecule has 6 heteroatoms. The summed E-state index contributed by atoms with van der Waals surface area (Å²) in [5.74, 6) is -1.15. The van der Waals surface area contributed by atoms with Gasteiger partial charge < -0.3 is 19.5 Å². The molecule has 0 unspecified atom stereocenters. The first-order valence-electron chi connectivity index (χ1n) is 9.35. The highest BCUT2D eigenvalue weighted by atomic mass is 16.3. The number of aliphatic hydroxyl groups excluding tert-OH is 1. The van der Waals surface area contributed by atoms with E-state index in [-0.39, 0.29) is 32.5 Å². The molecule has 3 aromatic rings. The highest BCUT2D eigenvalue weighted by molar-refractivity contribution is 6.43. The summed E-state index contributed by atoms with van der Waals surface area (Å²) in [6.07, 6.45) is 2.29. The lowest BCUT2D eigenvalue weighted by molar-refractivity contribution is -0.132. The molecule has 0 radical (unpaired) electrons. The number of pyridine rings is 1. The van der Waals surface area contributed by atoms with Crippen LogP contribution in [0, 0.1) is 0 Å². The summed E-state index contributed by atoms with van der Waals surface area (Å²) in [5, 5.41) is 19.5. The Morgan fingerprint density at radius 3 is 2.36 bits per heavy atom. The number of nitrogens with zero attached hydrogens (tertiary/aromatic N) is 2. The SMILES string of the molecule is O=C(C(=O)N1CCC(O)(CO)CC1)c1c(-c2ccccc2)cc2ccccn12. The number of ketones is 1. The van der Waals surface area contributed by atoms with Crippen LogP contribution in [0.5, 0.6) is 0 Å². The van der Waals surface area contributed by atoms with E-state index in [1.165, 1.54) is 4.90 Å². The fourth-order valence-corrected chi connectivity index (χ4v) is 3.72. The van der Waals surface area contributed by atoms with Gasteiger partial charge in [-0.15, -0.1) is 0 Å². The first-order valence-corrected chi connectivity index (χ1v) is 9.35. The van der Waals surface area contributed by atoms with E-state index in [1.54, 1.807) is 10.6 Å². The molecule has 0 saturated carbocycles. The highest BCUT2D eigenvalue weighted by Gasteiger charge is 2.36. The lowest BCUT2D eigenvalue weighted by Crippen LogP contribution is -2.50. The van der Waals surface area contributed by atoms with Crippen molar-refractivity contribution in [3.63, 3.8) is 0 Å². The minimum absolute atomic E-state index is 0.242. The van der Waals surface area contributed by atoms with Crippen LogP contribution >= 0.6 is 0 Å². The van der Waals surface area contributed by atoms with Crippen LogP contribution in [-0.2, 0) is 4.79 Å². The number of aliphatic hydroxyl groups is 2. The van der Waals surface area contributed by atoms with Crippen LogP contribution in [0.3, 0.4) is 0 Å². The molecular weight excluding hydrogens is 356 g/mol. The van der Waals surface area contributed by atoms with Crippen molar-refractivity contribution in [3.8, 4) is 11.1 Å². The van der Waals surface area contributed by atoms with Crippen molar-refractivity contribution in [1.29, 1.82) is 0 Å². The second-order valence-corrected chi connectivity index (χ2v) is 7.27. The molecule has 1 fully saturated rings. The topological polar surface area (TPSA) is 82.2 Å². The molecule has 0 spiro atoms. The number of carbonyl (C=O) groups is 2. The average molecular weight is 378 g/mol. The number of amides is 1. The maximum atomic E-state index is 13.2. The van der Waals surface area contributed by atoms with Crippen LogP contribution in [0.2, 0.25) is 0 Å². The Kier molecular flexibility index (Phi) is 4.75. The number of likely N-dealkylation sites (tertiary alicyclic amines) is 1. The Labute approximate surface area is 162 Å². The van der Waals surface area contributed by atoms with E-state index < -0.39 is 17.3 Å². The van der Waals surface area contributed by atoms with Crippen molar-refractivity contribution >= 4 is 17.2 Å². The zero-order chi connectivity index (χ0) is 19.7. The van der Waals surface area contributed by atoms with E-state index in [4.69, 9.17) is 0 Å². The predicted molar refractivity (Wildman–Crippen MR) is 105 cm³/mol. The Morgan fingerprint density at radius 1 is 1.00 bits per heavy atom. The molecule has 1 aromatic carbocycles. The van der Waals surface area contributed by atoms with Gasteiger partial charge in [0.25, 0.3) is 11.7 Å². The summed E-state index contributed by atoms with van der Waals surface area (Å²) in [6, 6.07) is 17.1. The van der Waals surface area contributed by atoms with Crippen molar-refractivity contribution in [2.45, 2.75) is 18.4 Å². The van der Waals surface area contributed by atoms with Gasteiger partial charge in [0, 0.05) is 30.4 Å². The van der Waals surface area contributed by atoms with Gasteiger partial charge in [0.2, 0.25) is 0 Å². The maximum Gasteiger partial charge on any atom is 0.296 e. The fraction of sp³-hybridized carbons (Fsp3) is 0.273. The monoisotopic (exact) mass is 378 g/mol. The van der Waals surface area contributed by atoms with E-state index >= 15 is 0 Å². The number of hydrogen-bond donors (Lipinski definition) is 2. The van der Waals surface area contributed by atoms with Gasteiger partial charge in [-0.3, -0.25) is 9.59 Å². The van der Waals surface area contributed by atoms with Gasteiger partial charge in [-0.05, 0) is 36.6 Å². The fourth-order valence-electron chi connectivity index (χ4n) is 3.72. The molecule has 1 saturated heterocycles. The van der Waals surface area contributed by atoms with E-state index in [9.17, 15) is 19.8 Å². The Bertz CT molecular complexity index is 1020. The summed E-state index contributed by atoms with van der Waals surface area (Å²) < 4.78 is 1.75. The van der Waals surface area contributed by atoms with Gasteiger partial charge in [0.05, 0.1) is 12.2 Å².